The second-order valence-corrected chi connectivity index (χ2v) is 6.38. The van der Waals surface area contributed by atoms with Crippen LogP contribution in [-0.4, -0.2) is 11.6 Å². The van der Waals surface area contributed by atoms with Gasteiger partial charge in [-0.2, -0.15) is 5.10 Å². The molecule has 0 aliphatic carbocycles. The van der Waals surface area contributed by atoms with Crippen LogP contribution in [0.25, 0.3) is 0 Å². The molecule has 2 rings (SSSR count). The standard InChI is InChI=1S/C16H14Br2N2O/c1-10-3-4-13(9-15(10)18)16(21)20-19-11(2)12-5-7-14(17)8-6-12/h3-9H,1-2H3,(H,20,21)/b19-11+. The number of amides is 1. The Hall–Kier alpha value is -1.46. The van der Waals surface area contributed by atoms with Crippen molar-refractivity contribution in [2.45, 2.75) is 13.8 Å². The molecule has 0 bridgehead atoms. The molecule has 2 aromatic rings. The van der Waals surface area contributed by atoms with Crippen molar-refractivity contribution in [1.82, 2.24) is 5.43 Å². The van der Waals surface area contributed by atoms with E-state index in [-0.39, 0.29) is 5.91 Å². The zero-order chi connectivity index (χ0) is 15.4. The van der Waals surface area contributed by atoms with Crippen molar-refractivity contribution < 1.29 is 4.79 Å². The van der Waals surface area contributed by atoms with E-state index in [9.17, 15) is 4.79 Å². The lowest BCUT2D eigenvalue weighted by molar-refractivity contribution is 0.0955. The van der Waals surface area contributed by atoms with E-state index in [1.165, 1.54) is 0 Å². The van der Waals surface area contributed by atoms with Crippen LogP contribution in [0, 0.1) is 6.92 Å². The predicted molar refractivity (Wildman–Crippen MR) is 92.7 cm³/mol. The molecule has 2 aromatic carbocycles. The Labute approximate surface area is 140 Å². The zero-order valence-electron chi connectivity index (χ0n) is 11.7. The highest BCUT2D eigenvalue weighted by molar-refractivity contribution is 9.10. The highest BCUT2D eigenvalue weighted by Gasteiger charge is 2.06. The largest absolute Gasteiger partial charge is 0.271 e. The number of halogens is 2. The van der Waals surface area contributed by atoms with Crippen LogP contribution >= 0.6 is 31.9 Å². The zero-order valence-corrected chi connectivity index (χ0v) is 14.8. The molecule has 0 fully saturated rings. The van der Waals surface area contributed by atoms with Crippen LogP contribution in [0.3, 0.4) is 0 Å². The normalized spacial score (nSPS) is 11.3. The Balaban J connectivity index is 2.10. The van der Waals surface area contributed by atoms with Gasteiger partial charge in [-0.05, 0) is 49.2 Å². The summed E-state index contributed by atoms with van der Waals surface area (Å²) in [6.07, 6.45) is 0. The molecule has 21 heavy (non-hydrogen) atoms. The Kier molecular flexibility index (Phi) is 5.31. The molecule has 0 unspecified atom stereocenters. The molecule has 0 radical (unpaired) electrons. The van der Waals surface area contributed by atoms with Gasteiger partial charge in [0.05, 0.1) is 5.71 Å². The molecule has 0 aliphatic rings. The average molecular weight is 410 g/mol. The van der Waals surface area contributed by atoms with E-state index >= 15 is 0 Å². The summed E-state index contributed by atoms with van der Waals surface area (Å²) < 4.78 is 1.91. The molecule has 3 nitrogen and oxygen atoms in total. The molecule has 0 saturated heterocycles. The number of nitrogens with zero attached hydrogens (tertiary/aromatic N) is 1. The second kappa shape index (κ2) is 7.00. The fourth-order valence-corrected chi connectivity index (χ4v) is 2.33. The van der Waals surface area contributed by atoms with Crippen LogP contribution in [0.4, 0.5) is 0 Å². The van der Waals surface area contributed by atoms with E-state index in [1.807, 2.05) is 44.2 Å². The minimum absolute atomic E-state index is 0.229. The molecule has 0 aliphatic heterocycles. The lowest BCUT2D eigenvalue weighted by Crippen LogP contribution is -2.19. The maximum atomic E-state index is 12.1. The van der Waals surface area contributed by atoms with Crippen LogP contribution in [0.1, 0.15) is 28.4 Å². The van der Waals surface area contributed by atoms with E-state index < -0.39 is 0 Å². The second-order valence-electron chi connectivity index (χ2n) is 4.61. The lowest BCUT2D eigenvalue weighted by atomic mass is 10.1. The Morgan fingerprint density at radius 2 is 1.67 bits per heavy atom. The van der Waals surface area contributed by atoms with Crippen molar-refractivity contribution in [3.8, 4) is 0 Å². The van der Waals surface area contributed by atoms with Crippen molar-refractivity contribution in [2.24, 2.45) is 5.10 Å². The topological polar surface area (TPSA) is 41.5 Å². The Morgan fingerprint density at radius 1 is 1.05 bits per heavy atom. The van der Waals surface area contributed by atoms with Crippen molar-refractivity contribution in [1.29, 1.82) is 0 Å². The quantitative estimate of drug-likeness (QED) is 0.580. The van der Waals surface area contributed by atoms with Gasteiger partial charge in [-0.25, -0.2) is 5.43 Å². The van der Waals surface area contributed by atoms with Gasteiger partial charge >= 0.3 is 0 Å². The van der Waals surface area contributed by atoms with Gasteiger partial charge in [0, 0.05) is 14.5 Å². The highest BCUT2D eigenvalue weighted by Crippen LogP contribution is 2.17. The van der Waals surface area contributed by atoms with Gasteiger partial charge in [0.25, 0.3) is 5.91 Å². The maximum absolute atomic E-state index is 12.1. The van der Waals surface area contributed by atoms with Gasteiger partial charge in [0.15, 0.2) is 0 Å². The molecule has 0 aromatic heterocycles. The van der Waals surface area contributed by atoms with Gasteiger partial charge in [0.1, 0.15) is 0 Å². The number of rotatable bonds is 3. The first kappa shape index (κ1) is 15.9. The van der Waals surface area contributed by atoms with Crippen LogP contribution in [0.5, 0.6) is 0 Å². The number of benzene rings is 2. The molecule has 1 amide bonds. The van der Waals surface area contributed by atoms with Gasteiger partial charge in [0.2, 0.25) is 0 Å². The first-order valence-electron chi connectivity index (χ1n) is 6.34. The number of aryl methyl sites for hydroxylation is 1. The molecule has 0 spiro atoms. The summed E-state index contributed by atoms with van der Waals surface area (Å²) in [7, 11) is 0. The summed E-state index contributed by atoms with van der Waals surface area (Å²) in [6.45, 7) is 3.83. The lowest BCUT2D eigenvalue weighted by Gasteiger charge is -2.05. The molecule has 108 valence electrons. The van der Waals surface area contributed by atoms with E-state index in [4.69, 9.17) is 0 Å². The number of hydrogen-bond donors (Lipinski definition) is 1. The third-order valence-electron chi connectivity index (χ3n) is 3.02. The van der Waals surface area contributed by atoms with Gasteiger partial charge in [-0.3, -0.25) is 4.79 Å². The molecule has 0 saturated carbocycles. The Bertz CT molecular complexity index is 694. The van der Waals surface area contributed by atoms with Crippen LogP contribution in [-0.2, 0) is 0 Å². The van der Waals surface area contributed by atoms with Crippen molar-refractivity contribution >= 4 is 43.5 Å². The van der Waals surface area contributed by atoms with Gasteiger partial charge < -0.3 is 0 Å². The molecule has 0 atom stereocenters. The summed E-state index contributed by atoms with van der Waals surface area (Å²) >= 11 is 6.80. The van der Waals surface area contributed by atoms with E-state index in [0.29, 0.717) is 5.56 Å². The van der Waals surface area contributed by atoms with Crippen molar-refractivity contribution in [3.63, 3.8) is 0 Å². The fraction of sp³-hybridized carbons (Fsp3) is 0.125. The van der Waals surface area contributed by atoms with Crippen LogP contribution < -0.4 is 5.43 Å². The number of carbonyl (C=O) groups is 1. The fourth-order valence-electron chi connectivity index (χ4n) is 1.69. The van der Waals surface area contributed by atoms with Crippen LogP contribution in [0.2, 0.25) is 0 Å². The van der Waals surface area contributed by atoms with Gasteiger partial charge in [-0.1, -0.05) is 50.1 Å². The number of nitrogens with one attached hydrogen (secondary N) is 1. The molecular formula is C16H14Br2N2O. The minimum Gasteiger partial charge on any atom is -0.267 e. The minimum atomic E-state index is -0.229. The third-order valence-corrected chi connectivity index (χ3v) is 4.40. The molecule has 5 heteroatoms. The predicted octanol–water partition coefficient (Wildman–Crippen LogP) is 4.67. The SMILES string of the molecule is C/C(=N\NC(=O)c1ccc(C)c(Br)c1)c1ccc(Br)cc1. The summed E-state index contributed by atoms with van der Waals surface area (Å²) in [5.74, 6) is -0.229. The first-order valence-corrected chi connectivity index (χ1v) is 7.92. The highest BCUT2D eigenvalue weighted by atomic mass is 79.9. The summed E-state index contributed by atoms with van der Waals surface area (Å²) in [5, 5.41) is 4.14. The number of hydrazone groups is 1. The summed E-state index contributed by atoms with van der Waals surface area (Å²) in [4.78, 5) is 12.1. The van der Waals surface area contributed by atoms with Crippen molar-refractivity contribution in [3.05, 3.63) is 68.1 Å². The third kappa shape index (κ3) is 4.25. The number of hydrogen-bond acceptors (Lipinski definition) is 2. The monoisotopic (exact) mass is 408 g/mol. The van der Waals surface area contributed by atoms with E-state index in [1.54, 1.807) is 12.1 Å². The van der Waals surface area contributed by atoms with E-state index in [0.717, 1.165) is 25.8 Å². The van der Waals surface area contributed by atoms with Gasteiger partial charge in [-0.15, -0.1) is 0 Å². The average Bonchev–Trinajstić information content (AvgIpc) is 2.48. The summed E-state index contributed by atoms with van der Waals surface area (Å²) in [5.41, 5.74) is 5.94. The Morgan fingerprint density at radius 3 is 2.29 bits per heavy atom. The summed E-state index contributed by atoms with van der Waals surface area (Å²) in [6, 6.07) is 13.2. The number of carbonyl (C=O) groups excluding carboxylic acids is 1. The van der Waals surface area contributed by atoms with Crippen LogP contribution in [0.15, 0.2) is 56.5 Å². The van der Waals surface area contributed by atoms with E-state index in [2.05, 4.69) is 42.4 Å². The first-order chi connectivity index (χ1) is 9.97. The maximum Gasteiger partial charge on any atom is 0.271 e. The van der Waals surface area contributed by atoms with Crippen molar-refractivity contribution in [2.75, 3.05) is 0 Å². The molecule has 1 N–H and O–H groups in total. The smallest absolute Gasteiger partial charge is 0.267 e. The molecular weight excluding hydrogens is 396 g/mol. The molecule has 0 heterocycles.